The molecule has 0 spiro atoms. The summed E-state index contributed by atoms with van der Waals surface area (Å²) in [6.45, 7) is 0. The van der Waals surface area contributed by atoms with Gasteiger partial charge in [-0.1, -0.05) is 24.3 Å². The van der Waals surface area contributed by atoms with Crippen molar-refractivity contribution < 1.29 is 14.3 Å². The van der Waals surface area contributed by atoms with E-state index < -0.39 is 5.97 Å². The number of hydrogen-bond donors (Lipinski definition) is 1. The van der Waals surface area contributed by atoms with Crippen LogP contribution in [0.2, 0.25) is 0 Å². The first kappa shape index (κ1) is 12.3. The summed E-state index contributed by atoms with van der Waals surface area (Å²) in [5, 5.41) is 14.3. The van der Waals surface area contributed by atoms with E-state index in [0.29, 0.717) is 22.2 Å². The minimum atomic E-state index is -1.01. The van der Waals surface area contributed by atoms with Crippen molar-refractivity contribution in [2.75, 3.05) is 0 Å². The molecule has 0 fully saturated rings. The molecular weight excluding hydrogens is 259 g/mol. The maximum atomic E-state index is 13.3. The topological polar surface area (TPSA) is 55.1 Å². The van der Waals surface area contributed by atoms with Crippen molar-refractivity contribution in [2.24, 2.45) is 7.05 Å². The molecule has 0 aliphatic heterocycles. The molecule has 0 atom stereocenters. The Balaban J connectivity index is 2.34. The predicted molar refractivity (Wildman–Crippen MR) is 73.1 cm³/mol. The number of halogens is 1. The predicted octanol–water partition coefficient (Wildman–Crippen LogP) is 3.08. The lowest BCUT2D eigenvalue weighted by atomic mass is 10.1. The average Bonchev–Trinajstić information content (AvgIpc) is 2.76. The van der Waals surface area contributed by atoms with Crippen LogP contribution in [0.5, 0.6) is 0 Å². The summed E-state index contributed by atoms with van der Waals surface area (Å²) in [4.78, 5) is 11.3. The molecule has 0 saturated carbocycles. The second-order valence-corrected chi connectivity index (χ2v) is 4.49. The highest BCUT2D eigenvalue weighted by Gasteiger charge is 2.17. The molecule has 0 amide bonds. The lowest BCUT2D eigenvalue weighted by Gasteiger charge is -2.00. The number of rotatable bonds is 2. The van der Waals surface area contributed by atoms with Crippen molar-refractivity contribution in [2.45, 2.75) is 0 Å². The molecule has 0 aliphatic carbocycles. The van der Waals surface area contributed by atoms with Crippen LogP contribution in [0, 0.1) is 5.82 Å². The van der Waals surface area contributed by atoms with Crippen molar-refractivity contribution in [1.29, 1.82) is 0 Å². The molecule has 0 bridgehead atoms. The van der Waals surface area contributed by atoms with Gasteiger partial charge in [0.05, 0.1) is 11.1 Å². The van der Waals surface area contributed by atoms with Crippen molar-refractivity contribution in [3.63, 3.8) is 0 Å². The van der Waals surface area contributed by atoms with Gasteiger partial charge in [0.2, 0.25) is 0 Å². The van der Waals surface area contributed by atoms with Gasteiger partial charge >= 0.3 is 5.97 Å². The van der Waals surface area contributed by atoms with Crippen LogP contribution >= 0.6 is 0 Å². The lowest BCUT2D eigenvalue weighted by Crippen LogP contribution is -2.00. The number of nitrogens with zero attached hydrogens (tertiary/aromatic N) is 2. The minimum Gasteiger partial charge on any atom is -0.478 e. The number of carboxylic acids is 1. The highest BCUT2D eigenvalue weighted by Crippen LogP contribution is 2.29. The molecule has 5 heteroatoms. The second kappa shape index (κ2) is 4.45. The van der Waals surface area contributed by atoms with Crippen molar-refractivity contribution >= 4 is 16.9 Å². The molecule has 1 aromatic heterocycles. The highest BCUT2D eigenvalue weighted by molar-refractivity contribution is 6.06. The number of aromatic nitrogens is 2. The summed E-state index contributed by atoms with van der Waals surface area (Å²) in [5.74, 6) is -1.36. The Bertz CT molecular complexity index is 824. The van der Waals surface area contributed by atoms with E-state index in [0.717, 1.165) is 0 Å². The Hall–Kier alpha value is -2.69. The SMILES string of the molecule is Cn1nc(-c2cccc(F)c2)c2cccc(C(=O)O)c21. The van der Waals surface area contributed by atoms with E-state index in [2.05, 4.69) is 5.10 Å². The normalized spacial score (nSPS) is 10.9. The van der Waals surface area contributed by atoms with Crippen LogP contribution < -0.4 is 0 Å². The summed E-state index contributed by atoms with van der Waals surface area (Å²) >= 11 is 0. The second-order valence-electron chi connectivity index (χ2n) is 4.49. The molecule has 2 aromatic carbocycles. The monoisotopic (exact) mass is 270 g/mol. The van der Waals surface area contributed by atoms with E-state index in [4.69, 9.17) is 0 Å². The Morgan fingerprint density at radius 3 is 2.70 bits per heavy atom. The average molecular weight is 270 g/mol. The van der Waals surface area contributed by atoms with E-state index in [1.165, 1.54) is 22.9 Å². The fourth-order valence-corrected chi connectivity index (χ4v) is 2.36. The van der Waals surface area contributed by atoms with Crippen LogP contribution in [-0.4, -0.2) is 20.9 Å². The van der Waals surface area contributed by atoms with Crippen molar-refractivity contribution in [3.05, 3.63) is 53.8 Å². The van der Waals surface area contributed by atoms with Crippen LogP contribution in [0.4, 0.5) is 4.39 Å². The van der Waals surface area contributed by atoms with Gasteiger partial charge in [-0.15, -0.1) is 0 Å². The van der Waals surface area contributed by atoms with Crippen molar-refractivity contribution in [3.8, 4) is 11.3 Å². The zero-order valence-electron chi connectivity index (χ0n) is 10.7. The first-order valence-electron chi connectivity index (χ1n) is 6.03. The number of aryl methyl sites for hydroxylation is 1. The number of fused-ring (bicyclic) bond motifs is 1. The van der Waals surface area contributed by atoms with E-state index in [-0.39, 0.29) is 11.4 Å². The molecule has 1 N–H and O–H groups in total. The van der Waals surface area contributed by atoms with Gasteiger partial charge in [0.1, 0.15) is 11.5 Å². The Labute approximate surface area is 114 Å². The fourth-order valence-electron chi connectivity index (χ4n) is 2.36. The molecule has 3 aromatic rings. The first-order valence-corrected chi connectivity index (χ1v) is 6.03. The van der Waals surface area contributed by atoms with E-state index in [1.54, 1.807) is 31.3 Å². The summed E-state index contributed by atoms with van der Waals surface area (Å²) in [6.07, 6.45) is 0. The van der Waals surface area contributed by atoms with E-state index >= 15 is 0 Å². The van der Waals surface area contributed by atoms with Crippen LogP contribution in [-0.2, 0) is 7.05 Å². The Morgan fingerprint density at radius 1 is 1.25 bits per heavy atom. The number of hydrogen-bond acceptors (Lipinski definition) is 2. The van der Waals surface area contributed by atoms with Gasteiger partial charge in [-0.3, -0.25) is 4.68 Å². The number of para-hydroxylation sites is 1. The zero-order chi connectivity index (χ0) is 14.3. The molecule has 0 radical (unpaired) electrons. The number of carbonyl (C=O) groups is 1. The molecule has 4 nitrogen and oxygen atoms in total. The number of carboxylic acid groups (broad SMARTS) is 1. The highest BCUT2D eigenvalue weighted by atomic mass is 19.1. The Kier molecular flexibility index (Phi) is 2.75. The van der Waals surface area contributed by atoms with Gasteiger partial charge in [-0.05, 0) is 18.2 Å². The lowest BCUT2D eigenvalue weighted by molar-refractivity contribution is 0.0698. The zero-order valence-corrected chi connectivity index (χ0v) is 10.7. The number of aromatic carboxylic acids is 1. The van der Waals surface area contributed by atoms with Crippen LogP contribution in [0.1, 0.15) is 10.4 Å². The molecule has 1 heterocycles. The van der Waals surface area contributed by atoms with E-state index in [1.807, 2.05) is 0 Å². The largest absolute Gasteiger partial charge is 0.478 e. The smallest absolute Gasteiger partial charge is 0.337 e. The van der Waals surface area contributed by atoms with Gasteiger partial charge in [0, 0.05) is 18.0 Å². The summed E-state index contributed by atoms with van der Waals surface area (Å²) in [7, 11) is 1.68. The minimum absolute atomic E-state index is 0.181. The maximum Gasteiger partial charge on any atom is 0.337 e. The van der Waals surface area contributed by atoms with Crippen LogP contribution in [0.3, 0.4) is 0 Å². The number of benzene rings is 2. The van der Waals surface area contributed by atoms with Crippen LogP contribution in [0.15, 0.2) is 42.5 Å². The third-order valence-electron chi connectivity index (χ3n) is 3.19. The Morgan fingerprint density at radius 2 is 2.00 bits per heavy atom. The first-order chi connectivity index (χ1) is 9.58. The molecule has 3 rings (SSSR count). The van der Waals surface area contributed by atoms with Gasteiger partial charge in [-0.2, -0.15) is 5.10 Å². The van der Waals surface area contributed by atoms with Gasteiger partial charge in [-0.25, -0.2) is 9.18 Å². The molecule has 100 valence electrons. The standard InChI is InChI=1S/C15H11FN2O2/c1-18-14-11(6-3-7-12(14)15(19)20)13(17-18)9-4-2-5-10(16)8-9/h2-8H,1H3,(H,19,20). The van der Waals surface area contributed by atoms with Crippen molar-refractivity contribution in [1.82, 2.24) is 9.78 Å². The maximum absolute atomic E-state index is 13.3. The van der Waals surface area contributed by atoms with E-state index in [9.17, 15) is 14.3 Å². The summed E-state index contributed by atoms with van der Waals surface area (Å²) in [5.41, 5.74) is 1.91. The van der Waals surface area contributed by atoms with Gasteiger partial charge in [0.25, 0.3) is 0 Å². The third-order valence-corrected chi connectivity index (χ3v) is 3.19. The fraction of sp³-hybridized carbons (Fsp3) is 0.0667. The van der Waals surface area contributed by atoms with Gasteiger partial charge in [0.15, 0.2) is 0 Å². The molecular formula is C15H11FN2O2. The van der Waals surface area contributed by atoms with Crippen LogP contribution in [0.25, 0.3) is 22.2 Å². The molecule has 0 saturated heterocycles. The quantitative estimate of drug-likeness (QED) is 0.778. The summed E-state index contributed by atoms with van der Waals surface area (Å²) < 4.78 is 14.9. The summed E-state index contributed by atoms with van der Waals surface area (Å²) in [6, 6.07) is 11.1. The molecule has 0 unspecified atom stereocenters. The molecule has 20 heavy (non-hydrogen) atoms. The van der Waals surface area contributed by atoms with Gasteiger partial charge < -0.3 is 5.11 Å². The third kappa shape index (κ3) is 1.84. The molecule has 0 aliphatic rings.